The van der Waals surface area contributed by atoms with E-state index in [0.717, 1.165) is 46.9 Å². The van der Waals surface area contributed by atoms with Crippen molar-refractivity contribution in [1.29, 1.82) is 0 Å². The van der Waals surface area contributed by atoms with Gasteiger partial charge in [0.05, 0.1) is 13.2 Å². The monoisotopic (exact) mass is 241 g/mol. The molecule has 4 nitrogen and oxygen atoms in total. The van der Waals surface area contributed by atoms with Gasteiger partial charge in [0.2, 0.25) is 0 Å². The van der Waals surface area contributed by atoms with Crippen LogP contribution in [0.25, 0.3) is 0 Å². The zero-order valence-corrected chi connectivity index (χ0v) is 10.6. The summed E-state index contributed by atoms with van der Waals surface area (Å²) in [5.74, 6) is 0. The molecule has 5 heteroatoms. The minimum Gasteiger partial charge on any atom is -0.400 e. The minimum atomic E-state index is 0. The zero-order chi connectivity index (χ0) is 10.5. The molecule has 1 atom stereocenters. The van der Waals surface area contributed by atoms with Gasteiger partial charge in [0.1, 0.15) is 6.10 Å². The quantitative estimate of drug-likeness (QED) is 0.313. The SMILES string of the molecule is CO.CO.[CH2-]CCCOCC1CO1.[Ti]. The largest absolute Gasteiger partial charge is 0.400 e. The molecule has 1 rings (SSSR count). The number of aliphatic hydroxyl groups excluding tert-OH is 2. The van der Waals surface area contributed by atoms with Crippen molar-refractivity contribution < 1.29 is 41.4 Å². The molecule has 1 aliphatic rings. The molecule has 0 spiro atoms. The van der Waals surface area contributed by atoms with Crippen LogP contribution in [0.3, 0.4) is 0 Å². The van der Waals surface area contributed by atoms with E-state index >= 15 is 0 Å². The van der Waals surface area contributed by atoms with Gasteiger partial charge in [0, 0.05) is 42.5 Å². The fourth-order valence-electron chi connectivity index (χ4n) is 0.583. The summed E-state index contributed by atoms with van der Waals surface area (Å²) in [6.45, 7) is 6.21. The maximum absolute atomic E-state index is 7.00. The van der Waals surface area contributed by atoms with Crippen LogP contribution in [-0.4, -0.2) is 50.4 Å². The van der Waals surface area contributed by atoms with Crippen molar-refractivity contribution in [1.82, 2.24) is 0 Å². The van der Waals surface area contributed by atoms with Gasteiger partial charge in [0.15, 0.2) is 0 Å². The van der Waals surface area contributed by atoms with Crippen LogP contribution in [0.15, 0.2) is 0 Å². The molecule has 0 saturated carbocycles. The Balaban J connectivity index is -0.000000216. The van der Waals surface area contributed by atoms with Crippen molar-refractivity contribution in [3.05, 3.63) is 6.92 Å². The van der Waals surface area contributed by atoms with Gasteiger partial charge in [-0.3, -0.25) is 0 Å². The molecule has 1 fully saturated rings. The third kappa shape index (κ3) is 18.4. The zero-order valence-electron chi connectivity index (χ0n) is 9.03. The molecule has 0 aromatic rings. The molecule has 1 aliphatic heterocycles. The number of unbranched alkanes of at least 4 members (excludes halogenated alkanes) is 1. The minimum absolute atomic E-state index is 0. The summed E-state index contributed by atoms with van der Waals surface area (Å²) in [6, 6.07) is 0. The van der Waals surface area contributed by atoms with Crippen LogP contribution in [0.2, 0.25) is 0 Å². The number of ether oxygens (including phenoxy) is 2. The topological polar surface area (TPSA) is 62.2 Å². The first-order chi connectivity index (χ1) is 6.43. The van der Waals surface area contributed by atoms with E-state index in [1.165, 1.54) is 0 Å². The third-order valence-corrected chi connectivity index (χ3v) is 1.24. The van der Waals surface area contributed by atoms with Crippen LogP contribution in [0, 0.1) is 6.92 Å². The van der Waals surface area contributed by atoms with Crippen molar-refractivity contribution >= 4 is 0 Å². The Morgan fingerprint density at radius 3 is 2.21 bits per heavy atom. The molecule has 0 aromatic carbocycles. The van der Waals surface area contributed by atoms with Crippen LogP contribution < -0.4 is 0 Å². The summed E-state index contributed by atoms with van der Waals surface area (Å²) in [5.41, 5.74) is 0. The van der Waals surface area contributed by atoms with Gasteiger partial charge in [0.25, 0.3) is 0 Å². The fourth-order valence-corrected chi connectivity index (χ4v) is 0.583. The third-order valence-electron chi connectivity index (χ3n) is 1.24. The van der Waals surface area contributed by atoms with E-state index in [-0.39, 0.29) is 21.7 Å². The average molecular weight is 241 g/mol. The summed E-state index contributed by atoms with van der Waals surface area (Å²) < 4.78 is 10.2. The molecule has 0 aromatic heterocycles. The van der Waals surface area contributed by atoms with E-state index in [0.29, 0.717) is 6.10 Å². The van der Waals surface area contributed by atoms with Gasteiger partial charge >= 0.3 is 0 Å². The molecular formula is C9H21O4Ti-. The van der Waals surface area contributed by atoms with Gasteiger partial charge in [-0.05, 0) is 0 Å². The predicted octanol–water partition coefficient (Wildman–Crippen LogP) is 0.231. The normalized spacial score (nSPS) is 16.5. The van der Waals surface area contributed by atoms with Gasteiger partial charge in [-0.1, -0.05) is 6.42 Å². The average Bonchev–Trinajstić information content (AvgIpc) is 3.03. The van der Waals surface area contributed by atoms with Crippen LogP contribution in [-0.2, 0) is 31.2 Å². The fraction of sp³-hybridized carbons (Fsp3) is 0.889. The molecule has 1 heterocycles. The second-order valence-corrected chi connectivity index (χ2v) is 2.24. The Labute approximate surface area is 101 Å². The van der Waals surface area contributed by atoms with Crippen LogP contribution >= 0.6 is 0 Å². The van der Waals surface area contributed by atoms with E-state index in [2.05, 4.69) is 6.92 Å². The summed E-state index contributed by atoms with van der Waals surface area (Å²) in [5, 5.41) is 14.0. The van der Waals surface area contributed by atoms with Gasteiger partial charge in [-0.15, -0.1) is 0 Å². The first-order valence-corrected chi connectivity index (χ1v) is 4.31. The van der Waals surface area contributed by atoms with E-state index < -0.39 is 0 Å². The molecule has 0 bridgehead atoms. The van der Waals surface area contributed by atoms with Crippen LogP contribution in [0.1, 0.15) is 12.8 Å². The first kappa shape index (κ1) is 20.0. The molecule has 2 N–H and O–H groups in total. The summed E-state index contributed by atoms with van der Waals surface area (Å²) in [4.78, 5) is 0. The number of aliphatic hydroxyl groups is 2. The molecule has 1 unspecified atom stereocenters. The van der Waals surface area contributed by atoms with E-state index in [1.54, 1.807) is 0 Å². The second-order valence-electron chi connectivity index (χ2n) is 2.24. The molecule has 86 valence electrons. The molecule has 0 aliphatic carbocycles. The maximum atomic E-state index is 7.00. The second kappa shape index (κ2) is 19.2. The summed E-state index contributed by atoms with van der Waals surface area (Å²) in [7, 11) is 2.00. The Bertz CT molecular complexity index is 79.2. The van der Waals surface area contributed by atoms with Crippen LogP contribution in [0.5, 0.6) is 0 Å². The smallest absolute Gasteiger partial charge is 0.104 e. The number of hydrogen-bond donors (Lipinski definition) is 2. The van der Waals surface area contributed by atoms with Crippen LogP contribution in [0.4, 0.5) is 0 Å². The Hall–Kier alpha value is 0.554. The molecule has 1 saturated heterocycles. The standard InChI is InChI=1S/C7H13O2.2CH4O.Ti/c1-2-3-4-8-5-7-6-9-7;2*1-2;/h7H,1-6H2;2*2H,1H3;/q-1;;;. The summed E-state index contributed by atoms with van der Waals surface area (Å²) in [6.07, 6.45) is 2.44. The van der Waals surface area contributed by atoms with Gasteiger partial charge in [-0.25, -0.2) is 0 Å². The number of rotatable bonds is 5. The van der Waals surface area contributed by atoms with Crippen molar-refractivity contribution in [3.8, 4) is 0 Å². The Kier molecular flexibility index (Phi) is 27.4. The number of hydrogen-bond acceptors (Lipinski definition) is 4. The molecule has 14 heavy (non-hydrogen) atoms. The van der Waals surface area contributed by atoms with E-state index in [4.69, 9.17) is 19.7 Å². The van der Waals surface area contributed by atoms with Crippen molar-refractivity contribution in [2.75, 3.05) is 34.0 Å². The molecular weight excluding hydrogens is 220 g/mol. The summed E-state index contributed by atoms with van der Waals surface area (Å²) >= 11 is 0. The van der Waals surface area contributed by atoms with Gasteiger partial charge in [-0.2, -0.15) is 6.42 Å². The van der Waals surface area contributed by atoms with E-state index in [1.807, 2.05) is 0 Å². The first-order valence-electron chi connectivity index (χ1n) is 4.31. The number of epoxide rings is 1. The Morgan fingerprint density at radius 2 is 1.86 bits per heavy atom. The van der Waals surface area contributed by atoms with Crippen molar-refractivity contribution in [3.63, 3.8) is 0 Å². The van der Waals surface area contributed by atoms with E-state index in [9.17, 15) is 0 Å². The maximum Gasteiger partial charge on any atom is 0.104 e. The van der Waals surface area contributed by atoms with Crippen molar-refractivity contribution in [2.24, 2.45) is 0 Å². The predicted molar refractivity (Wildman–Crippen MR) is 51.4 cm³/mol. The Morgan fingerprint density at radius 1 is 1.36 bits per heavy atom. The molecule has 0 radical (unpaired) electrons. The molecule has 0 amide bonds. The van der Waals surface area contributed by atoms with Gasteiger partial charge < -0.3 is 26.6 Å². The van der Waals surface area contributed by atoms with Crippen molar-refractivity contribution in [2.45, 2.75) is 18.9 Å².